The van der Waals surface area contributed by atoms with Gasteiger partial charge in [-0.25, -0.2) is 0 Å². The van der Waals surface area contributed by atoms with Crippen LogP contribution in [0.2, 0.25) is 0 Å². The molecule has 3 nitrogen and oxygen atoms in total. The standard InChI is InChI=1S/C16H19N3S.HI/c1-13-7-9-14(10-8-13)19-16(17)18-11-12-20-15-5-3-2-4-6-15;/h2-10H,11-12H2,1H3,(H3,17,18,19);1H. The zero-order valence-corrected chi connectivity index (χ0v) is 15.1. The number of thioether (sulfide) groups is 1. The van der Waals surface area contributed by atoms with Gasteiger partial charge in [-0.3, -0.25) is 4.99 Å². The first kappa shape index (κ1) is 17.8. The molecular formula is C16H20IN3S. The highest BCUT2D eigenvalue weighted by Crippen LogP contribution is 2.16. The average Bonchev–Trinajstić information content (AvgIpc) is 2.47. The fourth-order valence-electron chi connectivity index (χ4n) is 1.67. The quantitative estimate of drug-likeness (QED) is 0.255. The highest BCUT2D eigenvalue weighted by atomic mass is 127. The first-order valence-electron chi connectivity index (χ1n) is 6.55. The number of nitrogens with one attached hydrogen (secondary N) is 1. The van der Waals surface area contributed by atoms with E-state index in [0.29, 0.717) is 12.5 Å². The van der Waals surface area contributed by atoms with E-state index in [1.54, 1.807) is 11.8 Å². The molecule has 0 unspecified atom stereocenters. The van der Waals surface area contributed by atoms with Crippen LogP contribution >= 0.6 is 35.7 Å². The van der Waals surface area contributed by atoms with Gasteiger partial charge < -0.3 is 11.1 Å². The third-order valence-electron chi connectivity index (χ3n) is 2.71. The Kier molecular flexibility index (Phi) is 8.22. The molecule has 112 valence electrons. The van der Waals surface area contributed by atoms with Gasteiger partial charge >= 0.3 is 0 Å². The van der Waals surface area contributed by atoms with Crippen LogP contribution in [0.1, 0.15) is 5.56 Å². The van der Waals surface area contributed by atoms with Crippen LogP contribution in [0, 0.1) is 6.92 Å². The Bertz CT molecular complexity index is 555. The van der Waals surface area contributed by atoms with Gasteiger partial charge in [-0.2, -0.15) is 0 Å². The van der Waals surface area contributed by atoms with E-state index >= 15 is 0 Å². The van der Waals surface area contributed by atoms with E-state index in [1.165, 1.54) is 10.5 Å². The first-order chi connectivity index (χ1) is 9.74. The number of guanidine groups is 1. The van der Waals surface area contributed by atoms with Gasteiger partial charge in [-0.15, -0.1) is 35.7 Å². The third kappa shape index (κ3) is 6.86. The maximum absolute atomic E-state index is 5.85. The second-order valence-corrected chi connectivity index (χ2v) is 5.59. The fourth-order valence-corrected chi connectivity index (χ4v) is 2.44. The monoisotopic (exact) mass is 413 g/mol. The van der Waals surface area contributed by atoms with Crippen LogP contribution in [0.3, 0.4) is 0 Å². The summed E-state index contributed by atoms with van der Waals surface area (Å²) in [6, 6.07) is 18.4. The van der Waals surface area contributed by atoms with E-state index in [2.05, 4.69) is 29.4 Å². The Morgan fingerprint density at radius 3 is 2.43 bits per heavy atom. The molecule has 0 aromatic heterocycles. The summed E-state index contributed by atoms with van der Waals surface area (Å²) in [4.78, 5) is 5.58. The summed E-state index contributed by atoms with van der Waals surface area (Å²) in [6.45, 7) is 2.76. The van der Waals surface area contributed by atoms with Gasteiger partial charge in [0.2, 0.25) is 0 Å². The number of nitrogens with two attached hydrogens (primary N) is 1. The van der Waals surface area contributed by atoms with Crippen molar-refractivity contribution in [2.45, 2.75) is 11.8 Å². The molecule has 0 aliphatic heterocycles. The molecule has 0 amide bonds. The first-order valence-corrected chi connectivity index (χ1v) is 7.54. The van der Waals surface area contributed by atoms with Gasteiger partial charge in [0.25, 0.3) is 0 Å². The minimum atomic E-state index is 0. The number of aliphatic imine (C=N–C) groups is 1. The lowest BCUT2D eigenvalue weighted by molar-refractivity contribution is 1.13. The van der Waals surface area contributed by atoms with E-state index in [1.807, 2.05) is 42.5 Å². The zero-order chi connectivity index (χ0) is 14.2. The Morgan fingerprint density at radius 1 is 1.10 bits per heavy atom. The number of halogens is 1. The molecule has 2 rings (SSSR count). The average molecular weight is 413 g/mol. The summed E-state index contributed by atoms with van der Waals surface area (Å²) >= 11 is 1.78. The van der Waals surface area contributed by atoms with Crippen molar-refractivity contribution in [3.8, 4) is 0 Å². The molecule has 2 aromatic carbocycles. The fraction of sp³-hybridized carbons (Fsp3) is 0.188. The molecule has 0 atom stereocenters. The molecule has 2 aromatic rings. The minimum Gasteiger partial charge on any atom is -0.370 e. The number of anilines is 1. The highest BCUT2D eigenvalue weighted by molar-refractivity contribution is 14.0. The van der Waals surface area contributed by atoms with Crippen LogP contribution in [0.5, 0.6) is 0 Å². The molecule has 0 aliphatic rings. The molecule has 21 heavy (non-hydrogen) atoms. The van der Waals surface area contributed by atoms with Crippen LogP contribution in [0.25, 0.3) is 0 Å². The van der Waals surface area contributed by atoms with Crippen molar-refractivity contribution in [2.75, 3.05) is 17.6 Å². The topological polar surface area (TPSA) is 50.4 Å². The van der Waals surface area contributed by atoms with Crippen molar-refractivity contribution in [1.29, 1.82) is 0 Å². The van der Waals surface area contributed by atoms with Crippen molar-refractivity contribution in [3.63, 3.8) is 0 Å². The van der Waals surface area contributed by atoms with Crippen molar-refractivity contribution in [3.05, 3.63) is 60.2 Å². The minimum absolute atomic E-state index is 0. The Balaban J connectivity index is 0.00000220. The van der Waals surface area contributed by atoms with E-state index in [-0.39, 0.29) is 24.0 Å². The Hall–Kier alpha value is -1.21. The largest absolute Gasteiger partial charge is 0.370 e. The van der Waals surface area contributed by atoms with Crippen molar-refractivity contribution < 1.29 is 0 Å². The van der Waals surface area contributed by atoms with E-state index in [0.717, 1.165) is 11.4 Å². The molecule has 0 spiro atoms. The molecule has 0 saturated heterocycles. The smallest absolute Gasteiger partial charge is 0.193 e. The molecule has 0 bridgehead atoms. The molecule has 3 N–H and O–H groups in total. The number of nitrogens with zero attached hydrogens (tertiary/aromatic N) is 1. The molecule has 5 heteroatoms. The summed E-state index contributed by atoms with van der Waals surface area (Å²) in [6.07, 6.45) is 0. The van der Waals surface area contributed by atoms with Crippen molar-refractivity contribution >= 4 is 47.4 Å². The molecule has 0 aliphatic carbocycles. The van der Waals surface area contributed by atoms with Gasteiger partial charge in [0.05, 0.1) is 6.54 Å². The molecule has 0 radical (unpaired) electrons. The maximum atomic E-state index is 5.85. The van der Waals surface area contributed by atoms with Crippen LogP contribution < -0.4 is 11.1 Å². The van der Waals surface area contributed by atoms with Crippen LogP contribution in [0.4, 0.5) is 5.69 Å². The second kappa shape index (κ2) is 9.68. The van der Waals surface area contributed by atoms with Gasteiger partial charge in [0.15, 0.2) is 5.96 Å². The van der Waals surface area contributed by atoms with Crippen LogP contribution in [0.15, 0.2) is 64.5 Å². The van der Waals surface area contributed by atoms with E-state index in [9.17, 15) is 0 Å². The van der Waals surface area contributed by atoms with Gasteiger partial charge in [0, 0.05) is 16.3 Å². The second-order valence-electron chi connectivity index (χ2n) is 4.42. The summed E-state index contributed by atoms with van der Waals surface area (Å²) < 4.78 is 0. The number of benzene rings is 2. The summed E-state index contributed by atoms with van der Waals surface area (Å²) in [5.74, 6) is 1.38. The molecule has 0 fully saturated rings. The number of aryl methyl sites for hydroxylation is 1. The van der Waals surface area contributed by atoms with E-state index < -0.39 is 0 Å². The maximum Gasteiger partial charge on any atom is 0.193 e. The predicted molar refractivity (Wildman–Crippen MR) is 104 cm³/mol. The zero-order valence-electron chi connectivity index (χ0n) is 12.0. The highest BCUT2D eigenvalue weighted by Gasteiger charge is 1.95. The van der Waals surface area contributed by atoms with E-state index in [4.69, 9.17) is 5.73 Å². The van der Waals surface area contributed by atoms with Crippen LogP contribution in [-0.2, 0) is 0 Å². The van der Waals surface area contributed by atoms with Gasteiger partial charge in [-0.1, -0.05) is 35.9 Å². The molecule has 0 saturated carbocycles. The summed E-state index contributed by atoms with van der Waals surface area (Å²) in [5.41, 5.74) is 8.05. The lowest BCUT2D eigenvalue weighted by atomic mass is 10.2. The predicted octanol–water partition coefficient (Wildman–Crippen LogP) is 4.13. The summed E-state index contributed by atoms with van der Waals surface area (Å²) in [5, 5.41) is 3.09. The number of rotatable bonds is 5. The lowest BCUT2D eigenvalue weighted by Crippen LogP contribution is -2.23. The normalized spacial score (nSPS) is 10.8. The third-order valence-corrected chi connectivity index (χ3v) is 3.70. The lowest BCUT2D eigenvalue weighted by Gasteiger charge is -2.05. The molecular weight excluding hydrogens is 393 g/mol. The van der Waals surface area contributed by atoms with Crippen molar-refractivity contribution in [1.82, 2.24) is 0 Å². The Morgan fingerprint density at radius 2 is 1.76 bits per heavy atom. The van der Waals surface area contributed by atoms with Gasteiger partial charge in [0.1, 0.15) is 0 Å². The summed E-state index contributed by atoms with van der Waals surface area (Å²) in [7, 11) is 0. The Labute approximate surface area is 147 Å². The van der Waals surface area contributed by atoms with Crippen LogP contribution in [-0.4, -0.2) is 18.3 Å². The SMILES string of the molecule is Cc1ccc(NC(N)=NCCSc2ccccc2)cc1.I. The van der Waals surface area contributed by atoms with Gasteiger partial charge in [-0.05, 0) is 31.2 Å². The van der Waals surface area contributed by atoms with Crippen molar-refractivity contribution in [2.24, 2.45) is 10.7 Å². The number of hydrogen-bond acceptors (Lipinski definition) is 2. The molecule has 0 heterocycles. The number of hydrogen-bond donors (Lipinski definition) is 2.